The number of nitrogens with one attached hydrogen (secondary N) is 1. The molecule has 4 nitrogen and oxygen atoms in total. The van der Waals surface area contributed by atoms with Gasteiger partial charge in [-0.2, -0.15) is 0 Å². The molecule has 1 rings (SSSR count). The predicted molar refractivity (Wildman–Crippen MR) is 75.3 cm³/mol. The van der Waals surface area contributed by atoms with Gasteiger partial charge in [-0.3, -0.25) is 4.79 Å². The van der Waals surface area contributed by atoms with Gasteiger partial charge in [-0.25, -0.2) is 0 Å². The molecule has 106 valence electrons. The lowest BCUT2D eigenvalue weighted by Gasteiger charge is -2.30. The summed E-state index contributed by atoms with van der Waals surface area (Å²) < 4.78 is 0. The van der Waals surface area contributed by atoms with Gasteiger partial charge < -0.3 is 16.0 Å². The molecule has 1 aliphatic heterocycles. The fourth-order valence-electron chi connectivity index (χ4n) is 2.63. The Morgan fingerprint density at radius 1 is 1.39 bits per heavy atom. The first-order chi connectivity index (χ1) is 8.51. The minimum atomic E-state index is 0.181. The molecular weight excluding hydrogens is 226 g/mol. The van der Waals surface area contributed by atoms with Gasteiger partial charge in [-0.1, -0.05) is 13.8 Å². The monoisotopic (exact) mass is 255 g/mol. The van der Waals surface area contributed by atoms with Gasteiger partial charge in [0.25, 0.3) is 0 Å². The highest BCUT2D eigenvalue weighted by Crippen LogP contribution is 2.15. The molecule has 0 radical (unpaired) electrons. The number of piperidine rings is 1. The van der Waals surface area contributed by atoms with Gasteiger partial charge in [0.15, 0.2) is 0 Å². The van der Waals surface area contributed by atoms with E-state index in [0.717, 1.165) is 32.4 Å². The van der Waals surface area contributed by atoms with Crippen LogP contribution in [0.15, 0.2) is 0 Å². The van der Waals surface area contributed by atoms with Crippen LogP contribution in [0.4, 0.5) is 0 Å². The first-order valence-electron chi connectivity index (χ1n) is 7.19. The average molecular weight is 255 g/mol. The SMILES string of the molecule is CC(C)CC(CN)CC(=O)NC1CCN(C)CC1. The van der Waals surface area contributed by atoms with Crippen molar-refractivity contribution in [1.29, 1.82) is 0 Å². The summed E-state index contributed by atoms with van der Waals surface area (Å²) in [4.78, 5) is 14.3. The zero-order valence-electron chi connectivity index (χ0n) is 12.1. The average Bonchev–Trinajstić information content (AvgIpc) is 2.30. The fourth-order valence-corrected chi connectivity index (χ4v) is 2.63. The van der Waals surface area contributed by atoms with Crippen molar-refractivity contribution in [3.63, 3.8) is 0 Å². The summed E-state index contributed by atoms with van der Waals surface area (Å²) in [7, 11) is 2.13. The number of hydrogen-bond donors (Lipinski definition) is 2. The van der Waals surface area contributed by atoms with Crippen LogP contribution < -0.4 is 11.1 Å². The van der Waals surface area contributed by atoms with Crippen molar-refractivity contribution in [3.05, 3.63) is 0 Å². The Bertz CT molecular complexity index is 247. The Morgan fingerprint density at radius 2 is 2.00 bits per heavy atom. The Hall–Kier alpha value is -0.610. The van der Waals surface area contributed by atoms with Gasteiger partial charge >= 0.3 is 0 Å². The Labute approximate surface area is 111 Å². The maximum atomic E-state index is 12.0. The lowest BCUT2D eigenvalue weighted by Crippen LogP contribution is -2.44. The van der Waals surface area contributed by atoms with Crippen LogP contribution in [0.5, 0.6) is 0 Å². The van der Waals surface area contributed by atoms with Crippen molar-refractivity contribution >= 4 is 5.91 Å². The van der Waals surface area contributed by atoms with Crippen LogP contribution in [-0.4, -0.2) is 43.5 Å². The highest BCUT2D eigenvalue weighted by molar-refractivity contribution is 5.76. The van der Waals surface area contributed by atoms with Crippen molar-refractivity contribution < 1.29 is 4.79 Å². The summed E-state index contributed by atoms with van der Waals surface area (Å²) >= 11 is 0. The molecule has 1 unspecified atom stereocenters. The number of likely N-dealkylation sites (tertiary alicyclic amines) is 1. The molecule has 1 heterocycles. The second-order valence-corrected chi connectivity index (χ2v) is 6.08. The number of carbonyl (C=O) groups excluding carboxylic acids is 1. The number of amides is 1. The molecule has 18 heavy (non-hydrogen) atoms. The number of nitrogens with two attached hydrogens (primary N) is 1. The van der Waals surface area contributed by atoms with E-state index in [1.807, 2.05) is 0 Å². The zero-order valence-corrected chi connectivity index (χ0v) is 12.1. The van der Waals surface area contributed by atoms with E-state index in [9.17, 15) is 4.79 Å². The summed E-state index contributed by atoms with van der Waals surface area (Å²) in [6.45, 7) is 7.13. The molecule has 1 atom stereocenters. The number of carbonyl (C=O) groups is 1. The standard InChI is InChI=1S/C14H29N3O/c1-11(2)8-12(10-15)9-14(18)16-13-4-6-17(3)7-5-13/h11-13H,4-10,15H2,1-3H3,(H,16,18). The summed E-state index contributed by atoms with van der Waals surface area (Å²) in [6, 6.07) is 0.367. The van der Waals surface area contributed by atoms with E-state index in [1.54, 1.807) is 0 Å². The molecule has 4 heteroatoms. The van der Waals surface area contributed by atoms with E-state index >= 15 is 0 Å². The second-order valence-electron chi connectivity index (χ2n) is 6.08. The van der Waals surface area contributed by atoms with Crippen LogP contribution >= 0.6 is 0 Å². The van der Waals surface area contributed by atoms with Crippen molar-refractivity contribution in [2.75, 3.05) is 26.7 Å². The minimum absolute atomic E-state index is 0.181. The highest BCUT2D eigenvalue weighted by atomic mass is 16.1. The normalized spacial score (nSPS) is 20.1. The largest absolute Gasteiger partial charge is 0.353 e. The quantitative estimate of drug-likeness (QED) is 0.750. The van der Waals surface area contributed by atoms with Gasteiger partial charge in [0.05, 0.1) is 0 Å². The molecule has 0 saturated carbocycles. The Kier molecular flexibility index (Phi) is 6.65. The maximum absolute atomic E-state index is 12.0. The lowest BCUT2D eigenvalue weighted by molar-refractivity contribution is -0.123. The molecule has 0 aromatic carbocycles. The topological polar surface area (TPSA) is 58.4 Å². The van der Waals surface area contributed by atoms with Crippen molar-refractivity contribution in [1.82, 2.24) is 10.2 Å². The zero-order chi connectivity index (χ0) is 13.5. The van der Waals surface area contributed by atoms with Gasteiger partial charge in [0.2, 0.25) is 5.91 Å². The van der Waals surface area contributed by atoms with Crippen LogP contribution in [0, 0.1) is 11.8 Å². The van der Waals surface area contributed by atoms with E-state index in [4.69, 9.17) is 5.73 Å². The van der Waals surface area contributed by atoms with Gasteiger partial charge in [0, 0.05) is 12.5 Å². The van der Waals surface area contributed by atoms with E-state index in [2.05, 4.69) is 31.1 Å². The third-order valence-corrected chi connectivity index (χ3v) is 3.70. The number of nitrogens with zero attached hydrogens (tertiary/aromatic N) is 1. The van der Waals surface area contributed by atoms with Crippen molar-refractivity contribution in [3.8, 4) is 0 Å². The van der Waals surface area contributed by atoms with Gasteiger partial charge in [-0.15, -0.1) is 0 Å². The first kappa shape index (κ1) is 15.4. The van der Waals surface area contributed by atoms with E-state index in [1.165, 1.54) is 0 Å². The molecule has 1 aliphatic rings. The third kappa shape index (κ3) is 5.83. The Morgan fingerprint density at radius 3 is 2.50 bits per heavy atom. The van der Waals surface area contributed by atoms with E-state index < -0.39 is 0 Å². The molecular formula is C14H29N3O. The van der Waals surface area contributed by atoms with Crippen LogP contribution in [0.1, 0.15) is 39.5 Å². The second kappa shape index (κ2) is 7.74. The van der Waals surface area contributed by atoms with Gasteiger partial charge in [-0.05, 0) is 57.8 Å². The minimum Gasteiger partial charge on any atom is -0.353 e. The fraction of sp³-hybridized carbons (Fsp3) is 0.929. The number of hydrogen-bond acceptors (Lipinski definition) is 3. The summed E-state index contributed by atoms with van der Waals surface area (Å²) in [5, 5.41) is 3.16. The molecule has 1 fully saturated rings. The molecule has 0 aromatic heterocycles. The van der Waals surface area contributed by atoms with Crippen LogP contribution in [0.3, 0.4) is 0 Å². The molecule has 0 bridgehead atoms. The molecule has 0 aliphatic carbocycles. The van der Waals surface area contributed by atoms with E-state index in [-0.39, 0.29) is 5.91 Å². The first-order valence-corrected chi connectivity index (χ1v) is 7.19. The lowest BCUT2D eigenvalue weighted by atomic mass is 9.93. The number of rotatable bonds is 6. The maximum Gasteiger partial charge on any atom is 0.220 e. The molecule has 3 N–H and O–H groups in total. The van der Waals surface area contributed by atoms with Gasteiger partial charge in [0.1, 0.15) is 0 Å². The molecule has 0 spiro atoms. The van der Waals surface area contributed by atoms with E-state index in [0.29, 0.717) is 30.8 Å². The summed E-state index contributed by atoms with van der Waals surface area (Å²) in [5.74, 6) is 1.12. The Balaban J connectivity index is 2.27. The third-order valence-electron chi connectivity index (χ3n) is 3.70. The summed E-state index contributed by atoms with van der Waals surface area (Å²) in [6.07, 6.45) is 3.76. The summed E-state index contributed by atoms with van der Waals surface area (Å²) in [5.41, 5.74) is 5.73. The van der Waals surface area contributed by atoms with Crippen LogP contribution in [0.2, 0.25) is 0 Å². The van der Waals surface area contributed by atoms with Crippen molar-refractivity contribution in [2.45, 2.75) is 45.6 Å². The van der Waals surface area contributed by atoms with Crippen LogP contribution in [-0.2, 0) is 4.79 Å². The molecule has 1 saturated heterocycles. The van der Waals surface area contributed by atoms with Crippen LogP contribution in [0.25, 0.3) is 0 Å². The predicted octanol–water partition coefficient (Wildman–Crippen LogP) is 1.21. The molecule has 0 aromatic rings. The molecule has 1 amide bonds. The van der Waals surface area contributed by atoms with Crippen molar-refractivity contribution in [2.24, 2.45) is 17.6 Å². The smallest absolute Gasteiger partial charge is 0.220 e. The highest BCUT2D eigenvalue weighted by Gasteiger charge is 2.20.